The third-order valence-electron chi connectivity index (χ3n) is 3.57. The highest BCUT2D eigenvalue weighted by atomic mass is 35.5. The average molecular weight is 399 g/mol. The zero-order valence-corrected chi connectivity index (χ0v) is 15.1. The summed E-state index contributed by atoms with van der Waals surface area (Å²) in [5, 5.41) is 14.0. The van der Waals surface area contributed by atoms with Gasteiger partial charge in [-0.15, -0.1) is 0 Å². The first kappa shape index (κ1) is 19.0. The SMILES string of the molecule is Nc1cc(C(=O)Nc2ccc(Cl)cn2)ccc1Oc1ccc(NC(=O)O)cc1. The van der Waals surface area contributed by atoms with Crippen molar-refractivity contribution in [1.29, 1.82) is 0 Å². The number of anilines is 3. The number of nitrogens with two attached hydrogens (primary N) is 1. The van der Waals surface area contributed by atoms with Crippen molar-refractivity contribution in [3.63, 3.8) is 0 Å². The first-order valence-corrected chi connectivity index (χ1v) is 8.39. The molecule has 28 heavy (non-hydrogen) atoms. The van der Waals surface area contributed by atoms with Gasteiger partial charge in [0, 0.05) is 17.4 Å². The van der Waals surface area contributed by atoms with E-state index in [1.54, 1.807) is 48.5 Å². The van der Waals surface area contributed by atoms with Gasteiger partial charge in [0.15, 0.2) is 0 Å². The van der Waals surface area contributed by atoms with Gasteiger partial charge in [0.25, 0.3) is 5.91 Å². The highest BCUT2D eigenvalue weighted by Gasteiger charge is 2.11. The van der Waals surface area contributed by atoms with Crippen molar-refractivity contribution in [3.8, 4) is 11.5 Å². The number of nitrogens with zero attached hydrogens (tertiary/aromatic N) is 1. The Kier molecular flexibility index (Phi) is 5.61. The number of nitrogen functional groups attached to an aromatic ring is 1. The molecule has 0 aliphatic heterocycles. The lowest BCUT2D eigenvalue weighted by Gasteiger charge is -2.11. The number of carboxylic acid groups (broad SMARTS) is 1. The van der Waals surface area contributed by atoms with E-state index in [9.17, 15) is 9.59 Å². The van der Waals surface area contributed by atoms with E-state index >= 15 is 0 Å². The highest BCUT2D eigenvalue weighted by molar-refractivity contribution is 6.30. The molecule has 3 aromatic rings. The van der Waals surface area contributed by atoms with Crippen LogP contribution in [0.25, 0.3) is 0 Å². The van der Waals surface area contributed by atoms with E-state index in [0.717, 1.165) is 0 Å². The Balaban J connectivity index is 1.68. The number of carbonyl (C=O) groups is 2. The van der Waals surface area contributed by atoms with Crippen LogP contribution in [0.15, 0.2) is 60.8 Å². The van der Waals surface area contributed by atoms with E-state index in [-0.39, 0.29) is 11.6 Å². The van der Waals surface area contributed by atoms with Crippen LogP contribution in [0, 0.1) is 0 Å². The van der Waals surface area contributed by atoms with Crippen LogP contribution in [-0.4, -0.2) is 22.1 Å². The van der Waals surface area contributed by atoms with Gasteiger partial charge in [-0.2, -0.15) is 0 Å². The van der Waals surface area contributed by atoms with Gasteiger partial charge < -0.3 is 20.9 Å². The Morgan fingerprint density at radius 3 is 2.39 bits per heavy atom. The van der Waals surface area contributed by atoms with Gasteiger partial charge in [-0.25, -0.2) is 9.78 Å². The van der Waals surface area contributed by atoms with Crippen molar-refractivity contribution in [2.45, 2.75) is 0 Å². The quantitative estimate of drug-likeness (QED) is 0.470. The molecule has 0 spiro atoms. The van der Waals surface area contributed by atoms with Crippen LogP contribution < -0.4 is 21.1 Å². The maximum Gasteiger partial charge on any atom is 0.409 e. The molecule has 9 heteroatoms. The molecule has 0 fully saturated rings. The summed E-state index contributed by atoms with van der Waals surface area (Å²) < 4.78 is 5.68. The van der Waals surface area contributed by atoms with E-state index in [1.165, 1.54) is 12.3 Å². The molecule has 0 saturated carbocycles. The fraction of sp³-hybridized carbons (Fsp3) is 0. The molecule has 2 amide bonds. The first-order chi connectivity index (χ1) is 13.4. The zero-order valence-electron chi connectivity index (χ0n) is 14.3. The van der Waals surface area contributed by atoms with Crippen molar-refractivity contribution < 1.29 is 19.4 Å². The molecule has 8 nitrogen and oxygen atoms in total. The number of amides is 2. The molecule has 0 aliphatic carbocycles. The van der Waals surface area contributed by atoms with E-state index in [4.69, 9.17) is 27.2 Å². The van der Waals surface area contributed by atoms with Crippen LogP contribution in [0.2, 0.25) is 5.02 Å². The predicted molar refractivity (Wildman–Crippen MR) is 106 cm³/mol. The van der Waals surface area contributed by atoms with Gasteiger partial charge in [-0.1, -0.05) is 11.6 Å². The Labute approximate surface area is 164 Å². The van der Waals surface area contributed by atoms with Crippen molar-refractivity contribution in [2.24, 2.45) is 0 Å². The number of nitrogens with one attached hydrogen (secondary N) is 2. The van der Waals surface area contributed by atoms with Crippen LogP contribution in [0.5, 0.6) is 11.5 Å². The van der Waals surface area contributed by atoms with E-state index in [1.807, 2.05) is 0 Å². The molecule has 3 rings (SSSR count). The number of benzene rings is 2. The fourth-order valence-corrected chi connectivity index (χ4v) is 2.39. The number of rotatable bonds is 5. The van der Waals surface area contributed by atoms with Crippen LogP contribution in [0.3, 0.4) is 0 Å². The molecule has 1 heterocycles. The summed E-state index contributed by atoms with van der Waals surface area (Å²) in [5.74, 6) is 0.811. The van der Waals surface area contributed by atoms with Gasteiger partial charge >= 0.3 is 6.09 Å². The fourth-order valence-electron chi connectivity index (χ4n) is 2.28. The second-order valence-corrected chi connectivity index (χ2v) is 6.06. The molecule has 5 N–H and O–H groups in total. The molecule has 0 unspecified atom stereocenters. The predicted octanol–water partition coefficient (Wildman–Crippen LogP) is 4.45. The van der Waals surface area contributed by atoms with Gasteiger partial charge in [0.2, 0.25) is 0 Å². The van der Waals surface area contributed by atoms with Gasteiger partial charge in [0.05, 0.1) is 10.7 Å². The van der Waals surface area contributed by atoms with E-state index in [0.29, 0.717) is 33.6 Å². The summed E-state index contributed by atoms with van der Waals surface area (Å²) in [4.78, 5) is 26.9. The normalized spacial score (nSPS) is 10.2. The standard InChI is InChI=1S/C19H15ClN4O4/c20-12-2-8-17(22-10-12)24-18(25)11-1-7-16(15(21)9-11)28-14-5-3-13(4-6-14)23-19(26)27/h1-10,23H,21H2,(H,26,27)(H,22,24,25). The zero-order chi connectivity index (χ0) is 20.1. The van der Waals surface area contributed by atoms with Crippen LogP contribution in [-0.2, 0) is 0 Å². The van der Waals surface area contributed by atoms with Crippen molar-refractivity contribution >= 4 is 40.8 Å². The minimum atomic E-state index is -1.15. The average Bonchev–Trinajstić information content (AvgIpc) is 2.66. The largest absolute Gasteiger partial charge is 0.465 e. The minimum Gasteiger partial charge on any atom is -0.465 e. The first-order valence-electron chi connectivity index (χ1n) is 8.01. The van der Waals surface area contributed by atoms with Gasteiger partial charge in [-0.3, -0.25) is 10.1 Å². The monoisotopic (exact) mass is 398 g/mol. The maximum absolute atomic E-state index is 12.3. The maximum atomic E-state index is 12.3. The summed E-state index contributed by atoms with van der Waals surface area (Å²) in [5.41, 5.74) is 7.00. The second kappa shape index (κ2) is 8.28. The van der Waals surface area contributed by atoms with Crippen molar-refractivity contribution in [1.82, 2.24) is 4.98 Å². The molecular formula is C19H15ClN4O4. The molecule has 0 radical (unpaired) electrons. The summed E-state index contributed by atoms with van der Waals surface area (Å²) in [6.45, 7) is 0. The molecule has 2 aromatic carbocycles. The number of carbonyl (C=O) groups excluding carboxylic acids is 1. The minimum absolute atomic E-state index is 0.268. The molecule has 0 bridgehead atoms. The van der Waals surface area contributed by atoms with Crippen LogP contribution in [0.1, 0.15) is 10.4 Å². The van der Waals surface area contributed by atoms with E-state index in [2.05, 4.69) is 15.6 Å². The molecule has 1 aromatic heterocycles. The van der Waals surface area contributed by atoms with Crippen LogP contribution in [0.4, 0.5) is 22.0 Å². The van der Waals surface area contributed by atoms with Crippen LogP contribution >= 0.6 is 11.6 Å². The number of hydrogen-bond donors (Lipinski definition) is 4. The van der Waals surface area contributed by atoms with Crippen molar-refractivity contribution in [2.75, 3.05) is 16.4 Å². The Hall–Kier alpha value is -3.78. The lowest BCUT2D eigenvalue weighted by atomic mass is 10.1. The highest BCUT2D eigenvalue weighted by Crippen LogP contribution is 2.29. The molecule has 0 aliphatic rings. The lowest BCUT2D eigenvalue weighted by molar-refractivity contribution is 0.102. The third kappa shape index (κ3) is 4.89. The molecule has 0 atom stereocenters. The summed E-state index contributed by atoms with van der Waals surface area (Å²) in [6, 6.07) is 14.1. The Morgan fingerprint density at radius 2 is 1.79 bits per heavy atom. The van der Waals surface area contributed by atoms with Crippen molar-refractivity contribution in [3.05, 3.63) is 71.4 Å². The Bertz CT molecular complexity index is 1010. The number of halogens is 1. The third-order valence-corrected chi connectivity index (χ3v) is 3.80. The lowest BCUT2D eigenvalue weighted by Crippen LogP contribution is -2.13. The number of hydrogen-bond acceptors (Lipinski definition) is 5. The topological polar surface area (TPSA) is 127 Å². The number of ether oxygens (including phenoxy) is 1. The van der Waals surface area contributed by atoms with E-state index < -0.39 is 6.09 Å². The molecule has 0 saturated heterocycles. The number of aromatic nitrogens is 1. The Morgan fingerprint density at radius 1 is 1.04 bits per heavy atom. The molecular weight excluding hydrogens is 384 g/mol. The second-order valence-electron chi connectivity index (χ2n) is 5.62. The molecule has 142 valence electrons. The summed E-state index contributed by atoms with van der Waals surface area (Å²) in [7, 11) is 0. The summed E-state index contributed by atoms with van der Waals surface area (Å²) in [6.07, 6.45) is 0.278. The van der Waals surface area contributed by atoms with Gasteiger partial charge in [-0.05, 0) is 54.6 Å². The smallest absolute Gasteiger partial charge is 0.409 e. The summed E-state index contributed by atoms with van der Waals surface area (Å²) >= 11 is 5.77. The van der Waals surface area contributed by atoms with Gasteiger partial charge in [0.1, 0.15) is 17.3 Å². The number of pyridine rings is 1.